The molecule has 5 rings (SSSR count). The summed E-state index contributed by atoms with van der Waals surface area (Å²) in [5, 5.41) is 0. The molecule has 0 fully saturated rings. The van der Waals surface area contributed by atoms with Gasteiger partial charge in [-0.25, -0.2) is 9.37 Å². The zero-order valence-electron chi connectivity index (χ0n) is 18.8. The molecule has 0 unspecified atom stereocenters. The van der Waals surface area contributed by atoms with E-state index in [2.05, 4.69) is 48.8 Å². The SMILES string of the molecule is C=C(C)c1cc(Cc2nc3cc(-c4ccc(-c5ccccc5)cc4)c(F)cc3[nH]2)ccc1C. The second-order valence-corrected chi connectivity index (χ2v) is 8.58. The highest BCUT2D eigenvalue weighted by atomic mass is 19.1. The maximum absolute atomic E-state index is 15.0. The van der Waals surface area contributed by atoms with Gasteiger partial charge >= 0.3 is 0 Å². The summed E-state index contributed by atoms with van der Waals surface area (Å²) < 4.78 is 15.0. The minimum Gasteiger partial charge on any atom is -0.342 e. The van der Waals surface area contributed by atoms with E-state index in [1.807, 2.05) is 55.5 Å². The molecule has 33 heavy (non-hydrogen) atoms. The van der Waals surface area contributed by atoms with E-state index in [-0.39, 0.29) is 5.82 Å². The predicted octanol–water partition coefficient (Wildman–Crippen LogP) is 7.97. The molecule has 0 aliphatic rings. The quantitative estimate of drug-likeness (QED) is 0.300. The van der Waals surface area contributed by atoms with Gasteiger partial charge in [0.15, 0.2) is 0 Å². The monoisotopic (exact) mass is 432 g/mol. The van der Waals surface area contributed by atoms with Gasteiger partial charge in [0, 0.05) is 18.1 Å². The summed E-state index contributed by atoms with van der Waals surface area (Å²) >= 11 is 0. The molecule has 0 spiro atoms. The summed E-state index contributed by atoms with van der Waals surface area (Å²) in [5.41, 5.74) is 9.68. The number of nitrogens with zero attached hydrogens (tertiary/aromatic N) is 1. The summed E-state index contributed by atoms with van der Waals surface area (Å²) in [5.74, 6) is 0.558. The van der Waals surface area contributed by atoms with Gasteiger partial charge in [-0.2, -0.15) is 0 Å². The zero-order valence-corrected chi connectivity index (χ0v) is 18.8. The van der Waals surface area contributed by atoms with Crippen molar-refractivity contribution in [2.75, 3.05) is 0 Å². The number of nitrogens with one attached hydrogen (secondary N) is 1. The Morgan fingerprint density at radius 3 is 2.30 bits per heavy atom. The Morgan fingerprint density at radius 2 is 1.58 bits per heavy atom. The Bertz CT molecular complexity index is 1460. The average molecular weight is 433 g/mol. The minimum absolute atomic E-state index is 0.259. The number of imidazole rings is 1. The van der Waals surface area contributed by atoms with E-state index in [1.165, 1.54) is 5.56 Å². The maximum Gasteiger partial charge on any atom is 0.133 e. The molecule has 0 saturated carbocycles. The van der Waals surface area contributed by atoms with Gasteiger partial charge in [0.2, 0.25) is 0 Å². The number of aromatic nitrogens is 2. The normalized spacial score (nSPS) is 11.1. The third-order valence-electron chi connectivity index (χ3n) is 6.06. The first-order valence-corrected chi connectivity index (χ1v) is 11.1. The summed E-state index contributed by atoms with van der Waals surface area (Å²) in [6.07, 6.45) is 0.651. The van der Waals surface area contributed by atoms with E-state index in [0.717, 1.165) is 44.7 Å². The highest BCUT2D eigenvalue weighted by molar-refractivity contribution is 5.83. The summed E-state index contributed by atoms with van der Waals surface area (Å²) in [4.78, 5) is 8.04. The third kappa shape index (κ3) is 4.22. The van der Waals surface area contributed by atoms with Gasteiger partial charge in [0.05, 0.1) is 11.0 Å². The van der Waals surface area contributed by atoms with Crippen LogP contribution in [0.2, 0.25) is 0 Å². The zero-order chi connectivity index (χ0) is 22.9. The predicted molar refractivity (Wildman–Crippen MR) is 136 cm³/mol. The number of H-pyrrole nitrogens is 1. The lowest BCUT2D eigenvalue weighted by Crippen LogP contribution is -1.94. The van der Waals surface area contributed by atoms with Crippen LogP contribution in [0.5, 0.6) is 0 Å². The third-order valence-corrected chi connectivity index (χ3v) is 6.06. The van der Waals surface area contributed by atoms with Crippen molar-refractivity contribution in [2.45, 2.75) is 20.3 Å². The largest absolute Gasteiger partial charge is 0.342 e. The van der Waals surface area contributed by atoms with Crippen molar-refractivity contribution in [2.24, 2.45) is 0 Å². The number of fused-ring (bicyclic) bond motifs is 1. The molecular formula is C30H25FN2. The number of benzene rings is 4. The van der Waals surface area contributed by atoms with Crippen molar-refractivity contribution in [1.29, 1.82) is 0 Å². The van der Waals surface area contributed by atoms with Crippen LogP contribution in [0, 0.1) is 12.7 Å². The molecule has 5 aromatic rings. The van der Waals surface area contributed by atoms with Crippen molar-refractivity contribution in [3.05, 3.63) is 120 Å². The lowest BCUT2D eigenvalue weighted by molar-refractivity contribution is 0.633. The molecule has 3 heteroatoms. The number of hydrogen-bond donors (Lipinski definition) is 1. The number of rotatable bonds is 5. The van der Waals surface area contributed by atoms with E-state index in [1.54, 1.807) is 6.07 Å². The van der Waals surface area contributed by atoms with Crippen molar-refractivity contribution in [3.8, 4) is 22.3 Å². The van der Waals surface area contributed by atoms with Crippen LogP contribution in [0.15, 0.2) is 91.5 Å². The second-order valence-electron chi connectivity index (χ2n) is 8.58. The molecular weight excluding hydrogens is 407 g/mol. The van der Waals surface area contributed by atoms with Crippen LogP contribution in [-0.2, 0) is 6.42 Å². The Balaban J connectivity index is 1.45. The fourth-order valence-electron chi connectivity index (χ4n) is 4.29. The fourth-order valence-corrected chi connectivity index (χ4v) is 4.29. The van der Waals surface area contributed by atoms with E-state index in [9.17, 15) is 4.39 Å². The fraction of sp³-hybridized carbons (Fsp3) is 0.100. The van der Waals surface area contributed by atoms with E-state index in [4.69, 9.17) is 4.98 Å². The number of halogens is 1. The molecule has 2 nitrogen and oxygen atoms in total. The molecule has 1 aromatic heterocycles. The van der Waals surface area contributed by atoms with Crippen LogP contribution < -0.4 is 0 Å². The van der Waals surface area contributed by atoms with Crippen LogP contribution in [0.3, 0.4) is 0 Å². The van der Waals surface area contributed by atoms with E-state index >= 15 is 0 Å². The summed E-state index contributed by atoms with van der Waals surface area (Å²) in [6, 6.07) is 27.9. The first-order valence-electron chi connectivity index (χ1n) is 11.1. The second kappa shape index (κ2) is 8.51. The van der Waals surface area contributed by atoms with Gasteiger partial charge in [0.25, 0.3) is 0 Å². The van der Waals surface area contributed by atoms with Crippen LogP contribution >= 0.6 is 0 Å². The molecule has 0 amide bonds. The average Bonchev–Trinajstić information content (AvgIpc) is 3.21. The van der Waals surface area contributed by atoms with Gasteiger partial charge in [-0.05, 0) is 53.3 Å². The first-order chi connectivity index (χ1) is 16.0. The smallest absolute Gasteiger partial charge is 0.133 e. The van der Waals surface area contributed by atoms with Crippen LogP contribution in [0.4, 0.5) is 4.39 Å². The van der Waals surface area contributed by atoms with Gasteiger partial charge in [-0.15, -0.1) is 0 Å². The van der Waals surface area contributed by atoms with Crippen molar-refractivity contribution >= 4 is 16.6 Å². The standard InChI is InChI=1S/C30H25FN2/c1-19(2)25-15-21(10-9-20(25)3)16-30-32-28-17-26(27(31)18-29(28)33-30)24-13-11-23(12-14-24)22-7-5-4-6-8-22/h4-15,17-18H,1,16H2,2-3H3,(H,32,33). The van der Waals surface area contributed by atoms with Gasteiger partial charge in [0.1, 0.15) is 11.6 Å². The van der Waals surface area contributed by atoms with Gasteiger partial charge in [-0.1, -0.05) is 84.9 Å². The maximum atomic E-state index is 15.0. The van der Waals surface area contributed by atoms with Crippen LogP contribution in [0.1, 0.15) is 29.4 Å². The van der Waals surface area contributed by atoms with E-state index < -0.39 is 0 Å². The number of hydrogen-bond acceptors (Lipinski definition) is 1. The number of aryl methyl sites for hydroxylation is 1. The van der Waals surface area contributed by atoms with Gasteiger partial charge in [-0.3, -0.25) is 0 Å². The highest BCUT2D eigenvalue weighted by Gasteiger charge is 2.12. The lowest BCUT2D eigenvalue weighted by Gasteiger charge is -2.07. The molecule has 0 radical (unpaired) electrons. The highest BCUT2D eigenvalue weighted by Crippen LogP contribution is 2.30. The van der Waals surface area contributed by atoms with Gasteiger partial charge < -0.3 is 4.98 Å². The van der Waals surface area contributed by atoms with Crippen LogP contribution in [0.25, 0.3) is 38.9 Å². The summed E-state index contributed by atoms with van der Waals surface area (Å²) in [7, 11) is 0. The molecule has 4 aromatic carbocycles. The molecule has 0 aliphatic heterocycles. The summed E-state index contributed by atoms with van der Waals surface area (Å²) in [6.45, 7) is 8.18. The Morgan fingerprint density at radius 1 is 0.879 bits per heavy atom. The lowest BCUT2D eigenvalue weighted by atomic mass is 9.99. The molecule has 0 bridgehead atoms. The Hall–Kier alpha value is -3.98. The molecule has 1 heterocycles. The molecule has 0 saturated heterocycles. The van der Waals surface area contributed by atoms with Crippen molar-refractivity contribution in [1.82, 2.24) is 9.97 Å². The molecule has 162 valence electrons. The Labute approximate surface area is 193 Å². The minimum atomic E-state index is -0.259. The molecule has 1 N–H and O–H groups in total. The first kappa shape index (κ1) is 20.9. The number of aromatic amines is 1. The van der Waals surface area contributed by atoms with Crippen LogP contribution in [-0.4, -0.2) is 9.97 Å². The topological polar surface area (TPSA) is 28.7 Å². The van der Waals surface area contributed by atoms with E-state index in [0.29, 0.717) is 17.5 Å². The molecule has 0 atom stereocenters. The van der Waals surface area contributed by atoms with Crippen molar-refractivity contribution in [3.63, 3.8) is 0 Å². The number of allylic oxidation sites excluding steroid dienone is 1. The van der Waals surface area contributed by atoms with Crippen molar-refractivity contribution < 1.29 is 4.39 Å². The molecule has 0 aliphatic carbocycles. The Kier molecular flexibility index (Phi) is 5.39.